The lowest BCUT2D eigenvalue weighted by Gasteiger charge is -2.18. The molecule has 8 nitrogen and oxygen atoms in total. The van der Waals surface area contributed by atoms with Gasteiger partial charge in [0.2, 0.25) is 0 Å². The Balaban J connectivity index is 1.58. The van der Waals surface area contributed by atoms with Crippen LogP contribution in [0.3, 0.4) is 0 Å². The zero-order chi connectivity index (χ0) is 23.4. The second-order valence-electron chi connectivity index (χ2n) is 7.34. The molecule has 2 aromatic heterocycles. The van der Waals surface area contributed by atoms with Gasteiger partial charge >= 0.3 is 0 Å². The van der Waals surface area contributed by atoms with Gasteiger partial charge in [0.15, 0.2) is 5.13 Å². The highest BCUT2D eigenvalue weighted by atomic mass is 35.5. The molecular weight excluding hydrogens is 462 g/mol. The molecule has 0 aliphatic heterocycles. The van der Waals surface area contributed by atoms with E-state index in [2.05, 4.69) is 4.98 Å². The molecular formula is C23H20ClN5O3S. The van der Waals surface area contributed by atoms with Crippen molar-refractivity contribution in [3.63, 3.8) is 0 Å². The Morgan fingerprint density at radius 2 is 2.06 bits per heavy atom. The highest BCUT2D eigenvalue weighted by Crippen LogP contribution is 2.33. The van der Waals surface area contributed by atoms with Crippen molar-refractivity contribution >= 4 is 56.0 Å². The first-order valence-corrected chi connectivity index (χ1v) is 11.4. The third-order valence-electron chi connectivity index (χ3n) is 5.11. The van der Waals surface area contributed by atoms with Crippen molar-refractivity contribution in [2.24, 2.45) is 0 Å². The first-order valence-electron chi connectivity index (χ1n) is 10.2. The number of rotatable bonds is 8. The molecule has 0 N–H and O–H groups in total. The van der Waals surface area contributed by atoms with E-state index in [0.29, 0.717) is 35.2 Å². The molecule has 0 saturated carbocycles. The van der Waals surface area contributed by atoms with E-state index < -0.39 is 4.92 Å². The molecule has 0 unspecified atom stereocenters. The topological polar surface area (TPSA) is 94.2 Å². The Morgan fingerprint density at radius 3 is 2.76 bits per heavy atom. The Labute approximate surface area is 198 Å². The lowest BCUT2D eigenvalue weighted by molar-refractivity contribution is -0.384. The quantitative estimate of drug-likeness (QED) is 0.188. The van der Waals surface area contributed by atoms with Crippen LogP contribution < -0.4 is 4.90 Å². The average Bonchev–Trinajstić information content (AvgIpc) is 3.48. The number of anilines is 1. The Kier molecular flexibility index (Phi) is 6.81. The van der Waals surface area contributed by atoms with Crippen LogP contribution in [0, 0.1) is 17.0 Å². The van der Waals surface area contributed by atoms with Crippen molar-refractivity contribution in [2.45, 2.75) is 19.9 Å². The van der Waals surface area contributed by atoms with Crippen LogP contribution >= 0.6 is 22.9 Å². The SMILES string of the molecule is Cc1c(Cl)ccc2sc(N(CCCn3ccnc3)C(=O)/C=C/c3ccc([N+](=O)[O-])cc3)nc12. The Hall–Kier alpha value is -3.56. The molecule has 0 fully saturated rings. The van der Waals surface area contributed by atoms with Gasteiger partial charge in [0.25, 0.3) is 11.6 Å². The number of carbonyl (C=O) groups is 1. The maximum Gasteiger partial charge on any atom is 0.269 e. The second kappa shape index (κ2) is 9.93. The number of halogens is 1. The van der Waals surface area contributed by atoms with Crippen LogP contribution in [0.1, 0.15) is 17.5 Å². The predicted octanol–water partition coefficient (Wildman–Crippen LogP) is 5.50. The fourth-order valence-electron chi connectivity index (χ4n) is 3.30. The molecule has 2 heterocycles. The zero-order valence-corrected chi connectivity index (χ0v) is 19.3. The summed E-state index contributed by atoms with van der Waals surface area (Å²) in [5.41, 5.74) is 2.36. The van der Waals surface area contributed by atoms with Crippen LogP contribution in [0.15, 0.2) is 61.2 Å². The predicted molar refractivity (Wildman–Crippen MR) is 131 cm³/mol. The van der Waals surface area contributed by atoms with Gasteiger partial charge in [-0.2, -0.15) is 0 Å². The minimum atomic E-state index is -0.456. The van der Waals surface area contributed by atoms with Gasteiger partial charge in [-0.1, -0.05) is 22.9 Å². The minimum absolute atomic E-state index is 0.00288. The minimum Gasteiger partial charge on any atom is -0.337 e. The number of fused-ring (bicyclic) bond motifs is 1. The van der Waals surface area contributed by atoms with E-state index in [-0.39, 0.29) is 11.6 Å². The molecule has 10 heteroatoms. The van der Waals surface area contributed by atoms with Crippen molar-refractivity contribution in [1.29, 1.82) is 0 Å². The zero-order valence-electron chi connectivity index (χ0n) is 17.7. The Morgan fingerprint density at radius 1 is 1.27 bits per heavy atom. The van der Waals surface area contributed by atoms with E-state index in [9.17, 15) is 14.9 Å². The maximum absolute atomic E-state index is 13.2. The van der Waals surface area contributed by atoms with Crippen LogP contribution in [0.25, 0.3) is 16.3 Å². The van der Waals surface area contributed by atoms with Crippen LogP contribution in [0.2, 0.25) is 5.02 Å². The molecule has 33 heavy (non-hydrogen) atoms. The summed E-state index contributed by atoms with van der Waals surface area (Å²) in [6.07, 6.45) is 9.15. The molecule has 4 rings (SSSR count). The normalized spacial score (nSPS) is 11.3. The molecule has 168 valence electrons. The molecule has 0 atom stereocenters. The lowest BCUT2D eigenvalue weighted by atomic mass is 10.2. The number of carbonyl (C=O) groups excluding carboxylic acids is 1. The number of aromatic nitrogens is 3. The first-order chi connectivity index (χ1) is 15.9. The largest absolute Gasteiger partial charge is 0.337 e. The van der Waals surface area contributed by atoms with Gasteiger partial charge in [0.1, 0.15) is 0 Å². The highest BCUT2D eigenvalue weighted by Gasteiger charge is 2.19. The van der Waals surface area contributed by atoms with Gasteiger partial charge in [-0.3, -0.25) is 19.8 Å². The molecule has 1 amide bonds. The van der Waals surface area contributed by atoms with E-state index in [0.717, 1.165) is 15.8 Å². The maximum atomic E-state index is 13.2. The van der Waals surface area contributed by atoms with Gasteiger partial charge in [-0.15, -0.1) is 0 Å². The molecule has 0 saturated heterocycles. The monoisotopic (exact) mass is 481 g/mol. The average molecular weight is 482 g/mol. The summed E-state index contributed by atoms with van der Waals surface area (Å²) >= 11 is 7.69. The van der Waals surface area contributed by atoms with Crippen molar-refractivity contribution in [2.75, 3.05) is 11.4 Å². The van der Waals surface area contributed by atoms with Gasteiger partial charge < -0.3 is 4.57 Å². The fraction of sp³-hybridized carbons (Fsp3) is 0.174. The van der Waals surface area contributed by atoms with E-state index in [1.807, 2.05) is 29.8 Å². The van der Waals surface area contributed by atoms with Crippen LogP contribution in [0.4, 0.5) is 10.8 Å². The van der Waals surface area contributed by atoms with Crippen LogP contribution in [-0.2, 0) is 11.3 Å². The summed E-state index contributed by atoms with van der Waals surface area (Å²) in [6, 6.07) is 9.77. The number of benzene rings is 2. The third-order valence-corrected chi connectivity index (χ3v) is 6.57. The molecule has 0 aliphatic carbocycles. The van der Waals surface area contributed by atoms with Gasteiger partial charge in [-0.05, 0) is 54.8 Å². The van der Waals surface area contributed by atoms with Gasteiger partial charge in [-0.25, -0.2) is 9.97 Å². The molecule has 2 aromatic carbocycles. The summed E-state index contributed by atoms with van der Waals surface area (Å²) in [4.78, 5) is 33.9. The van der Waals surface area contributed by atoms with E-state index >= 15 is 0 Å². The number of non-ortho nitro benzene ring substituents is 1. The van der Waals surface area contributed by atoms with Crippen molar-refractivity contribution in [1.82, 2.24) is 14.5 Å². The van der Waals surface area contributed by atoms with E-state index in [4.69, 9.17) is 16.6 Å². The van der Waals surface area contributed by atoms with Crippen LogP contribution in [0.5, 0.6) is 0 Å². The summed E-state index contributed by atoms with van der Waals surface area (Å²) in [6.45, 7) is 3.09. The lowest BCUT2D eigenvalue weighted by Crippen LogP contribution is -2.30. The number of hydrogen-bond donors (Lipinski definition) is 0. The van der Waals surface area contributed by atoms with Crippen molar-refractivity contribution in [3.8, 4) is 0 Å². The van der Waals surface area contributed by atoms with Gasteiger partial charge in [0.05, 0.1) is 21.5 Å². The molecule has 0 spiro atoms. The molecule has 0 aliphatic rings. The number of nitrogens with zero attached hydrogens (tertiary/aromatic N) is 5. The summed E-state index contributed by atoms with van der Waals surface area (Å²) in [7, 11) is 0. The smallest absolute Gasteiger partial charge is 0.269 e. The number of hydrogen-bond acceptors (Lipinski definition) is 6. The summed E-state index contributed by atoms with van der Waals surface area (Å²) in [5.74, 6) is -0.221. The number of imidazole rings is 1. The molecule has 4 aromatic rings. The third kappa shape index (κ3) is 5.27. The van der Waals surface area contributed by atoms with E-state index in [1.54, 1.807) is 35.6 Å². The number of thiazole rings is 1. The van der Waals surface area contributed by atoms with Crippen molar-refractivity contribution < 1.29 is 9.72 Å². The van der Waals surface area contributed by atoms with E-state index in [1.165, 1.54) is 29.5 Å². The summed E-state index contributed by atoms with van der Waals surface area (Å²) in [5, 5.41) is 12.1. The highest BCUT2D eigenvalue weighted by molar-refractivity contribution is 7.22. The van der Waals surface area contributed by atoms with Crippen LogP contribution in [-0.4, -0.2) is 31.9 Å². The summed E-state index contributed by atoms with van der Waals surface area (Å²) < 4.78 is 2.91. The van der Waals surface area contributed by atoms with Crippen molar-refractivity contribution in [3.05, 3.63) is 87.5 Å². The fourth-order valence-corrected chi connectivity index (χ4v) is 4.51. The standard InChI is InChI=1S/C23H20ClN5O3S/c1-16-19(24)8-9-20-22(16)26-23(33-20)28(13-2-12-27-14-11-25-15-27)21(30)10-5-17-3-6-18(7-4-17)29(31)32/h3-11,14-15H,2,12-13H2,1H3/b10-5+. The number of aryl methyl sites for hydroxylation is 2. The van der Waals surface area contributed by atoms with Gasteiger partial charge in [0, 0.05) is 48.7 Å². The number of nitro benzene ring substituents is 1. The molecule has 0 bridgehead atoms. The number of nitro groups is 1. The Bertz CT molecular complexity index is 1320. The second-order valence-corrected chi connectivity index (χ2v) is 8.76. The number of amides is 1. The molecule has 0 radical (unpaired) electrons. The first kappa shape index (κ1) is 22.6.